The maximum absolute atomic E-state index is 13.7. The maximum Gasteiger partial charge on any atom is 0.344 e. The highest BCUT2D eigenvalue weighted by Gasteiger charge is 2.13. The van der Waals surface area contributed by atoms with Crippen molar-refractivity contribution < 1.29 is 28.6 Å². The Morgan fingerprint density at radius 1 is 0.482 bits per heavy atom. The normalized spacial score (nSPS) is 11.7. The molecule has 7 aromatic carbocycles. The number of aliphatic hydroxyl groups excluding tert-OH is 2. The molecule has 0 spiro atoms. The van der Waals surface area contributed by atoms with Gasteiger partial charge in [0.25, 0.3) is 0 Å². The number of hydrogen-bond acceptors (Lipinski definition) is 8. The lowest BCUT2D eigenvalue weighted by Gasteiger charge is -2.09. The molecule has 0 aliphatic heterocycles. The van der Waals surface area contributed by atoms with Crippen LogP contribution >= 0.6 is 0 Å². The molecule has 2 N–H and O–H groups in total. The quantitative estimate of drug-likeness (QED) is 0.116. The van der Waals surface area contributed by atoms with E-state index in [2.05, 4.69) is 0 Å². The Balaban J connectivity index is 1.32. The summed E-state index contributed by atoms with van der Waals surface area (Å²) in [6, 6.07) is 38.2. The Labute approximate surface area is 318 Å². The van der Waals surface area contributed by atoms with Crippen LogP contribution in [-0.4, -0.2) is 21.8 Å². The number of rotatable bonds is 8. The molecule has 0 amide bonds. The summed E-state index contributed by atoms with van der Waals surface area (Å²) in [7, 11) is 0. The van der Waals surface area contributed by atoms with Crippen molar-refractivity contribution in [2.45, 2.75) is 13.2 Å². The van der Waals surface area contributed by atoms with Gasteiger partial charge in [-0.05, 0) is 92.3 Å². The third-order valence-electron chi connectivity index (χ3n) is 9.73. The van der Waals surface area contributed by atoms with E-state index in [0.717, 1.165) is 21.9 Å². The number of fused-ring (bicyclic) bond motifs is 8. The summed E-state index contributed by atoms with van der Waals surface area (Å²) in [5, 5.41) is 22.8. The van der Waals surface area contributed by atoms with E-state index in [0.29, 0.717) is 43.8 Å². The van der Waals surface area contributed by atoms with E-state index < -0.39 is 11.3 Å². The van der Waals surface area contributed by atoms with Crippen molar-refractivity contribution in [1.82, 2.24) is 0 Å². The minimum Gasteiger partial charge on any atom is -0.422 e. The summed E-state index contributed by atoms with van der Waals surface area (Å²) in [5.74, 6) is -0.380. The van der Waals surface area contributed by atoms with Gasteiger partial charge in [0.15, 0.2) is 11.6 Å². The van der Waals surface area contributed by atoms with Gasteiger partial charge in [0.1, 0.15) is 11.2 Å². The Hall–Kier alpha value is -7.26. The second-order valence-electron chi connectivity index (χ2n) is 13.3. The van der Waals surface area contributed by atoms with Crippen LogP contribution in [0.3, 0.4) is 0 Å². The monoisotopic (exact) mass is 736 g/mol. The molecule has 0 saturated heterocycles. The van der Waals surface area contributed by atoms with Gasteiger partial charge in [0, 0.05) is 21.9 Å². The smallest absolute Gasteiger partial charge is 0.344 e. The number of carbonyl (C=O) groups is 2. The fourth-order valence-corrected chi connectivity index (χ4v) is 6.78. The predicted molar refractivity (Wildman–Crippen MR) is 220 cm³/mol. The van der Waals surface area contributed by atoms with Crippen LogP contribution < -0.4 is 11.3 Å². The van der Waals surface area contributed by atoms with Crippen molar-refractivity contribution in [3.63, 3.8) is 0 Å². The van der Waals surface area contributed by atoms with Crippen molar-refractivity contribution in [3.8, 4) is 0 Å². The van der Waals surface area contributed by atoms with Crippen LogP contribution in [0.1, 0.15) is 43.0 Å². The fraction of sp³-hybridized carbons (Fsp3) is 0.0417. The van der Waals surface area contributed by atoms with Gasteiger partial charge in [-0.2, -0.15) is 0 Å². The lowest BCUT2D eigenvalue weighted by atomic mass is 9.96. The second kappa shape index (κ2) is 15.2. The standard InChI is InChI=1S/C48H32O8/c49-27-31-5-13-33(14-6-31)41(51)21-11-29-9-19-37-35(25-29)17-23-43-45(37)46-38-20-10-30(12-22-42(52)34-15-7-32(28-50)8-16-34)26-36(38)18-24-44(46)56-48(54)40-4-2-1-3-39(40)47(53)55-43/h1-26,49-50H,27-28H2/b21-11+,22-12+. The molecule has 1 heterocycles. The van der Waals surface area contributed by atoms with Crippen LogP contribution in [0.15, 0.2) is 164 Å². The predicted octanol–water partition coefficient (Wildman–Crippen LogP) is 9.26. The Morgan fingerprint density at radius 3 is 1.29 bits per heavy atom. The van der Waals surface area contributed by atoms with Crippen LogP contribution in [0, 0.1) is 0 Å². The zero-order chi connectivity index (χ0) is 38.8. The third kappa shape index (κ3) is 7.05. The summed E-state index contributed by atoms with van der Waals surface area (Å²) in [6.07, 6.45) is 6.42. The largest absolute Gasteiger partial charge is 0.422 e. The molecule has 8 rings (SSSR count). The van der Waals surface area contributed by atoms with E-state index in [1.54, 1.807) is 84.9 Å². The average Bonchev–Trinajstić information content (AvgIpc) is 3.24. The van der Waals surface area contributed by atoms with Crippen LogP contribution in [0.4, 0.5) is 0 Å². The van der Waals surface area contributed by atoms with Gasteiger partial charge in [-0.1, -0.05) is 109 Å². The van der Waals surface area contributed by atoms with Gasteiger partial charge in [0.05, 0.1) is 24.0 Å². The van der Waals surface area contributed by atoms with Crippen LogP contribution in [0.25, 0.3) is 66.4 Å². The van der Waals surface area contributed by atoms with Gasteiger partial charge in [0.2, 0.25) is 0 Å². The van der Waals surface area contributed by atoms with E-state index in [1.165, 1.54) is 24.3 Å². The summed E-state index contributed by atoms with van der Waals surface area (Å²) in [6.45, 7) is -0.214. The molecule has 56 heavy (non-hydrogen) atoms. The molecule has 8 heteroatoms. The topological polar surface area (TPSA) is 135 Å². The lowest BCUT2D eigenvalue weighted by Crippen LogP contribution is -2.03. The first-order valence-electron chi connectivity index (χ1n) is 17.8. The minimum absolute atomic E-state index is 0.0688. The number of hydrogen-bond donors (Lipinski definition) is 2. The fourth-order valence-electron chi connectivity index (χ4n) is 6.78. The molecule has 0 aliphatic carbocycles. The van der Waals surface area contributed by atoms with Crippen molar-refractivity contribution in [2.24, 2.45) is 0 Å². The van der Waals surface area contributed by atoms with Gasteiger partial charge in [-0.25, -0.2) is 9.59 Å². The first kappa shape index (κ1) is 35.8. The lowest BCUT2D eigenvalue weighted by molar-refractivity contribution is 0.103. The Kier molecular flexibility index (Phi) is 9.73. The zero-order valence-corrected chi connectivity index (χ0v) is 29.8. The highest BCUT2D eigenvalue weighted by atomic mass is 16.4. The SMILES string of the molecule is O=C(/C=C/c1ccc2c(ccc3oc(=O)c4ccccc4c(=O)oc4ccc5cc(/C=C/C(=O)c6ccc(CO)cc6)ccc5c4c32)c1)c1ccc(CO)cc1. The highest BCUT2D eigenvalue weighted by Crippen LogP contribution is 2.35. The number of benzene rings is 7. The van der Waals surface area contributed by atoms with E-state index in [1.807, 2.05) is 48.5 Å². The molecule has 0 atom stereocenters. The molecule has 0 saturated carbocycles. The van der Waals surface area contributed by atoms with E-state index in [-0.39, 0.29) is 46.7 Å². The van der Waals surface area contributed by atoms with E-state index in [4.69, 9.17) is 8.83 Å². The average molecular weight is 737 g/mol. The first-order chi connectivity index (χ1) is 27.3. The molecule has 0 bridgehead atoms. The molecule has 8 aromatic rings. The van der Waals surface area contributed by atoms with Crippen LogP contribution in [0.2, 0.25) is 0 Å². The molecular weight excluding hydrogens is 705 g/mol. The van der Waals surface area contributed by atoms with Gasteiger partial charge in [-0.15, -0.1) is 0 Å². The molecular formula is C48H32O8. The van der Waals surface area contributed by atoms with Crippen LogP contribution in [-0.2, 0) is 13.2 Å². The molecule has 1 aromatic heterocycles. The van der Waals surface area contributed by atoms with Crippen molar-refractivity contribution in [1.29, 1.82) is 0 Å². The summed E-state index contributed by atoms with van der Waals surface area (Å²) in [4.78, 5) is 53.2. The Bertz CT molecular complexity index is 2900. The Morgan fingerprint density at radius 2 is 0.893 bits per heavy atom. The van der Waals surface area contributed by atoms with Crippen molar-refractivity contribution >= 4 is 78.0 Å². The summed E-state index contributed by atoms with van der Waals surface area (Å²) < 4.78 is 12.2. The number of carbonyl (C=O) groups excluding carboxylic acids is 2. The van der Waals surface area contributed by atoms with E-state index in [9.17, 15) is 29.4 Å². The van der Waals surface area contributed by atoms with Crippen molar-refractivity contribution in [3.05, 3.63) is 200 Å². The molecule has 0 fully saturated rings. The molecule has 0 aliphatic rings. The number of allylic oxidation sites excluding steroid dienone is 2. The zero-order valence-electron chi connectivity index (χ0n) is 29.8. The highest BCUT2D eigenvalue weighted by molar-refractivity contribution is 6.25. The van der Waals surface area contributed by atoms with Gasteiger partial charge in [-0.3, -0.25) is 9.59 Å². The van der Waals surface area contributed by atoms with Gasteiger partial charge >= 0.3 is 11.3 Å². The molecule has 0 unspecified atom stereocenters. The third-order valence-corrected chi connectivity index (χ3v) is 9.73. The first-order valence-corrected chi connectivity index (χ1v) is 17.8. The maximum atomic E-state index is 13.7. The second-order valence-corrected chi connectivity index (χ2v) is 13.3. The van der Waals surface area contributed by atoms with Crippen molar-refractivity contribution in [2.75, 3.05) is 0 Å². The van der Waals surface area contributed by atoms with Crippen LogP contribution in [0.5, 0.6) is 0 Å². The molecule has 272 valence electrons. The molecule has 8 nitrogen and oxygen atoms in total. The molecule has 0 radical (unpaired) electrons. The number of ketones is 2. The minimum atomic E-state index is -0.713. The van der Waals surface area contributed by atoms with Gasteiger partial charge < -0.3 is 19.0 Å². The van der Waals surface area contributed by atoms with E-state index >= 15 is 0 Å². The summed E-state index contributed by atoms with van der Waals surface area (Å²) >= 11 is 0. The number of aliphatic hydroxyl groups is 2. The summed E-state index contributed by atoms with van der Waals surface area (Å²) in [5.41, 5.74) is 3.02.